The van der Waals surface area contributed by atoms with Gasteiger partial charge in [-0.3, -0.25) is 4.90 Å². The van der Waals surface area contributed by atoms with Crippen molar-refractivity contribution in [1.29, 1.82) is 0 Å². The van der Waals surface area contributed by atoms with E-state index in [2.05, 4.69) is 39.6 Å². The van der Waals surface area contributed by atoms with Gasteiger partial charge in [-0.2, -0.15) is 0 Å². The van der Waals surface area contributed by atoms with E-state index in [1.807, 2.05) is 0 Å². The van der Waals surface area contributed by atoms with Crippen LogP contribution in [-0.4, -0.2) is 35.2 Å². The molecule has 0 aliphatic heterocycles. The minimum Gasteiger partial charge on any atom is -0.395 e. The molecule has 0 unspecified atom stereocenters. The number of likely N-dealkylation sites (N-methyl/N-ethyl adjacent to an activating group) is 1. The van der Waals surface area contributed by atoms with Gasteiger partial charge in [0.05, 0.1) is 6.61 Å². The van der Waals surface area contributed by atoms with Crippen molar-refractivity contribution in [3.8, 4) is 0 Å². The molecule has 0 radical (unpaired) electrons. The molecule has 0 heterocycles. The Morgan fingerprint density at radius 3 is 1.91 bits per heavy atom. The molecule has 0 aromatic carbocycles. The highest BCUT2D eigenvalue weighted by molar-refractivity contribution is 4.78. The molecule has 0 saturated heterocycles. The van der Waals surface area contributed by atoms with E-state index in [1.54, 1.807) is 0 Å². The lowest BCUT2D eigenvalue weighted by Gasteiger charge is -2.37. The maximum Gasteiger partial charge on any atom is 0.0586 e. The van der Waals surface area contributed by atoms with Gasteiger partial charge in [0.25, 0.3) is 0 Å². The summed E-state index contributed by atoms with van der Waals surface area (Å²) in [5, 5.41) is 9.02. The molecular formula is C9H21NO. The molecule has 0 saturated carbocycles. The summed E-state index contributed by atoms with van der Waals surface area (Å²) < 4.78 is 0. The topological polar surface area (TPSA) is 23.5 Å². The summed E-state index contributed by atoms with van der Waals surface area (Å²) >= 11 is 0. The normalized spacial score (nSPS) is 15.5. The Hall–Kier alpha value is -0.0800. The third-order valence-electron chi connectivity index (χ3n) is 2.29. The zero-order valence-corrected chi connectivity index (χ0v) is 8.39. The molecule has 0 amide bonds. The third kappa shape index (κ3) is 3.21. The first-order chi connectivity index (χ1) is 4.93. The summed E-state index contributed by atoms with van der Waals surface area (Å²) in [6, 6.07) is 0.301. The van der Waals surface area contributed by atoms with E-state index in [9.17, 15) is 0 Å². The number of nitrogens with zero attached hydrogens (tertiary/aromatic N) is 1. The molecular weight excluding hydrogens is 138 g/mol. The predicted molar refractivity (Wildman–Crippen MR) is 48.7 cm³/mol. The van der Waals surface area contributed by atoms with Crippen LogP contribution in [0.25, 0.3) is 0 Å². The highest BCUT2D eigenvalue weighted by Gasteiger charge is 2.22. The number of aliphatic hydroxyl groups is 1. The fourth-order valence-electron chi connectivity index (χ4n) is 1.07. The number of rotatable bonds is 3. The maximum absolute atomic E-state index is 9.02. The first-order valence-electron chi connectivity index (χ1n) is 4.27. The molecule has 0 spiro atoms. The van der Waals surface area contributed by atoms with Crippen molar-refractivity contribution in [3.63, 3.8) is 0 Å². The van der Waals surface area contributed by atoms with Gasteiger partial charge in [-0.15, -0.1) is 0 Å². The van der Waals surface area contributed by atoms with Gasteiger partial charge in [-0.25, -0.2) is 0 Å². The van der Waals surface area contributed by atoms with Crippen LogP contribution in [-0.2, 0) is 0 Å². The molecule has 0 fully saturated rings. The Morgan fingerprint density at radius 1 is 1.36 bits per heavy atom. The summed E-state index contributed by atoms with van der Waals surface area (Å²) in [4.78, 5) is 2.22. The lowest BCUT2D eigenvalue weighted by molar-refractivity contribution is 0.0699. The summed E-state index contributed by atoms with van der Waals surface area (Å²) in [7, 11) is 2.06. The van der Waals surface area contributed by atoms with Crippen molar-refractivity contribution < 1.29 is 5.11 Å². The second-order valence-corrected chi connectivity index (χ2v) is 4.03. The zero-order valence-electron chi connectivity index (χ0n) is 8.39. The highest BCUT2D eigenvalue weighted by atomic mass is 16.3. The second kappa shape index (κ2) is 4.07. The smallest absolute Gasteiger partial charge is 0.0586 e. The van der Waals surface area contributed by atoms with Crippen molar-refractivity contribution in [2.45, 2.75) is 45.7 Å². The minimum absolute atomic E-state index is 0.156. The van der Waals surface area contributed by atoms with Crippen molar-refractivity contribution >= 4 is 0 Å². The highest BCUT2D eigenvalue weighted by Crippen LogP contribution is 2.15. The quantitative estimate of drug-likeness (QED) is 0.674. The Labute approximate surface area is 70.2 Å². The van der Waals surface area contributed by atoms with Crippen LogP contribution in [0.5, 0.6) is 0 Å². The molecule has 2 heteroatoms. The van der Waals surface area contributed by atoms with E-state index in [1.165, 1.54) is 0 Å². The van der Waals surface area contributed by atoms with Gasteiger partial charge in [0.2, 0.25) is 0 Å². The first kappa shape index (κ1) is 10.9. The average Bonchev–Trinajstić information content (AvgIpc) is 1.88. The van der Waals surface area contributed by atoms with E-state index in [0.29, 0.717) is 6.04 Å². The molecule has 1 N–H and O–H groups in total. The maximum atomic E-state index is 9.02. The molecule has 0 rings (SSSR count). The SMILES string of the molecule is CC[C@H](CO)N(C)C(C)(C)C. The molecule has 0 aliphatic rings. The van der Waals surface area contributed by atoms with Crippen LogP contribution in [0.15, 0.2) is 0 Å². The Kier molecular flexibility index (Phi) is 4.04. The predicted octanol–water partition coefficient (Wildman–Crippen LogP) is 1.49. The van der Waals surface area contributed by atoms with E-state index in [4.69, 9.17) is 5.11 Å². The van der Waals surface area contributed by atoms with Gasteiger partial charge in [-0.05, 0) is 34.2 Å². The summed E-state index contributed by atoms with van der Waals surface area (Å²) in [5.74, 6) is 0. The third-order valence-corrected chi connectivity index (χ3v) is 2.29. The fraction of sp³-hybridized carbons (Fsp3) is 1.00. The lowest BCUT2D eigenvalue weighted by atomic mass is 10.0. The van der Waals surface area contributed by atoms with Crippen molar-refractivity contribution in [3.05, 3.63) is 0 Å². The van der Waals surface area contributed by atoms with E-state index in [0.717, 1.165) is 6.42 Å². The van der Waals surface area contributed by atoms with Crippen LogP contribution in [0.4, 0.5) is 0 Å². The van der Waals surface area contributed by atoms with Gasteiger partial charge in [-0.1, -0.05) is 6.92 Å². The molecule has 1 atom stereocenters. The standard InChI is InChI=1S/C9H21NO/c1-6-8(7-11)10(5)9(2,3)4/h8,11H,6-7H2,1-5H3/t8-/m1/s1. The molecule has 2 nitrogen and oxygen atoms in total. The Balaban J connectivity index is 4.09. The van der Waals surface area contributed by atoms with E-state index in [-0.39, 0.29) is 12.1 Å². The van der Waals surface area contributed by atoms with Crippen LogP contribution >= 0.6 is 0 Å². The van der Waals surface area contributed by atoms with Crippen LogP contribution < -0.4 is 0 Å². The average molecular weight is 159 g/mol. The zero-order chi connectivity index (χ0) is 9.07. The van der Waals surface area contributed by atoms with Crippen LogP contribution in [0.2, 0.25) is 0 Å². The Morgan fingerprint density at radius 2 is 1.82 bits per heavy atom. The second-order valence-electron chi connectivity index (χ2n) is 4.03. The largest absolute Gasteiger partial charge is 0.395 e. The van der Waals surface area contributed by atoms with Crippen molar-refractivity contribution in [2.24, 2.45) is 0 Å². The molecule has 0 bridgehead atoms. The summed E-state index contributed by atoms with van der Waals surface area (Å²) in [5.41, 5.74) is 0.156. The van der Waals surface area contributed by atoms with Crippen LogP contribution in [0.3, 0.4) is 0 Å². The van der Waals surface area contributed by atoms with Crippen molar-refractivity contribution in [1.82, 2.24) is 4.90 Å². The molecule has 68 valence electrons. The summed E-state index contributed by atoms with van der Waals surface area (Å²) in [6.45, 7) is 8.83. The Bertz CT molecular complexity index is 103. The minimum atomic E-state index is 0.156. The van der Waals surface area contributed by atoms with Gasteiger partial charge in [0, 0.05) is 11.6 Å². The fourth-order valence-corrected chi connectivity index (χ4v) is 1.07. The molecule has 11 heavy (non-hydrogen) atoms. The molecule has 0 aromatic rings. The molecule has 0 aliphatic carbocycles. The van der Waals surface area contributed by atoms with Gasteiger partial charge < -0.3 is 5.11 Å². The first-order valence-corrected chi connectivity index (χ1v) is 4.27. The molecule has 0 aromatic heterocycles. The number of aliphatic hydroxyl groups excluding tert-OH is 1. The van der Waals surface area contributed by atoms with Gasteiger partial charge in [0.1, 0.15) is 0 Å². The van der Waals surface area contributed by atoms with Crippen molar-refractivity contribution in [2.75, 3.05) is 13.7 Å². The van der Waals surface area contributed by atoms with E-state index < -0.39 is 0 Å². The monoisotopic (exact) mass is 159 g/mol. The van der Waals surface area contributed by atoms with Crippen LogP contribution in [0, 0.1) is 0 Å². The van der Waals surface area contributed by atoms with E-state index >= 15 is 0 Å². The number of hydrogen-bond acceptors (Lipinski definition) is 2. The van der Waals surface area contributed by atoms with Gasteiger partial charge in [0.15, 0.2) is 0 Å². The summed E-state index contributed by atoms with van der Waals surface area (Å²) in [6.07, 6.45) is 1.00. The van der Waals surface area contributed by atoms with Crippen LogP contribution in [0.1, 0.15) is 34.1 Å². The lowest BCUT2D eigenvalue weighted by Crippen LogP contribution is -2.46. The van der Waals surface area contributed by atoms with Gasteiger partial charge >= 0.3 is 0 Å². The number of hydrogen-bond donors (Lipinski definition) is 1.